The van der Waals surface area contributed by atoms with E-state index in [9.17, 15) is 14.7 Å². The quantitative estimate of drug-likeness (QED) is 0.789. The Hall–Kier alpha value is -1.10. The van der Waals surface area contributed by atoms with Crippen LogP contribution in [-0.2, 0) is 9.59 Å². The van der Waals surface area contributed by atoms with E-state index in [1.54, 1.807) is 18.7 Å². The molecule has 5 nitrogen and oxygen atoms in total. The van der Waals surface area contributed by atoms with Gasteiger partial charge in [-0.2, -0.15) is 0 Å². The molecule has 1 rings (SSSR count). The lowest BCUT2D eigenvalue weighted by atomic mass is 9.74. The normalized spacial score (nSPS) is 22.1. The molecule has 0 spiro atoms. The van der Waals surface area contributed by atoms with E-state index in [0.29, 0.717) is 13.1 Å². The number of carbonyl (C=O) groups excluding carboxylic acids is 1. The Kier molecular flexibility index (Phi) is 5.35. The number of nitrogens with two attached hydrogens (primary N) is 1. The molecule has 0 aromatic carbocycles. The van der Waals surface area contributed by atoms with Gasteiger partial charge in [-0.05, 0) is 39.0 Å². The average Bonchev–Trinajstić information content (AvgIpc) is 2.40. The van der Waals surface area contributed by atoms with E-state index in [4.69, 9.17) is 5.73 Å². The second-order valence-corrected chi connectivity index (χ2v) is 5.99. The molecule has 1 aliphatic rings. The Morgan fingerprint density at radius 2 is 2.11 bits per heavy atom. The lowest BCUT2D eigenvalue weighted by Crippen LogP contribution is -2.49. The van der Waals surface area contributed by atoms with Crippen molar-refractivity contribution in [3.05, 3.63) is 0 Å². The summed E-state index contributed by atoms with van der Waals surface area (Å²) in [5.41, 5.74) is 4.83. The topological polar surface area (TPSA) is 83.6 Å². The third kappa shape index (κ3) is 3.47. The Balaban J connectivity index is 2.75. The smallest absolute Gasteiger partial charge is 0.309 e. The summed E-state index contributed by atoms with van der Waals surface area (Å²) in [6.07, 6.45) is 2.47. The van der Waals surface area contributed by atoms with Crippen molar-refractivity contribution in [2.75, 3.05) is 19.6 Å². The molecule has 19 heavy (non-hydrogen) atoms. The van der Waals surface area contributed by atoms with Crippen LogP contribution in [0, 0.1) is 17.3 Å². The Labute approximate surface area is 115 Å². The monoisotopic (exact) mass is 270 g/mol. The minimum Gasteiger partial charge on any atom is -0.481 e. The Morgan fingerprint density at radius 1 is 1.47 bits per heavy atom. The SMILES string of the molecule is CCC(CN)C(=O)N1CCCC(C(C)(C)C(=O)O)C1. The number of hydrogen-bond acceptors (Lipinski definition) is 3. The molecule has 0 aliphatic carbocycles. The molecule has 5 heteroatoms. The van der Waals surface area contributed by atoms with Crippen LogP contribution in [0.15, 0.2) is 0 Å². The molecule has 2 unspecified atom stereocenters. The average molecular weight is 270 g/mol. The molecular weight excluding hydrogens is 244 g/mol. The zero-order valence-electron chi connectivity index (χ0n) is 12.2. The largest absolute Gasteiger partial charge is 0.481 e. The number of amides is 1. The van der Waals surface area contributed by atoms with Crippen molar-refractivity contribution in [1.29, 1.82) is 0 Å². The molecule has 0 saturated carbocycles. The molecule has 0 radical (unpaired) electrons. The van der Waals surface area contributed by atoms with Gasteiger partial charge in [0.15, 0.2) is 0 Å². The molecule has 2 atom stereocenters. The van der Waals surface area contributed by atoms with Gasteiger partial charge in [0.25, 0.3) is 0 Å². The zero-order valence-corrected chi connectivity index (χ0v) is 12.2. The van der Waals surface area contributed by atoms with E-state index in [1.165, 1.54) is 0 Å². The van der Waals surface area contributed by atoms with E-state index >= 15 is 0 Å². The first-order valence-corrected chi connectivity index (χ1v) is 7.06. The third-order valence-corrected chi connectivity index (χ3v) is 4.43. The molecule has 1 amide bonds. The number of nitrogens with zero attached hydrogens (tertiary/aromatic N) is 1. The number of carbonyl (C=O) groups is 2. The van der Waals surface area contributed by atoms with Crippen LogP contribution in [0.25, 0.3) is 0 Å². The van der Waals surface area contributed by atoms with Crippen molar-refractivity contribution in [3.8, 4) is 0 Å². The van der Waals surface area contributed by atoms with Crippen LogP contribution in [-0.4, -0.2) is 41.5 Å². The highest BCUT2D eigenvalue weighted by molar-refractivity contribution is 5.79. The van der Waals surface area contributed by atoms with Crippen LogP contribution < -0.4 is 5.73 Å². The third-order valence-electron chi connectivity index (χ3n) is 4.43. The van der Waals surface area contributed by atoms with Gasteiger partial charge in [-0.1, -0.05) is 6.92 Å². The Morgan fingerprint density at radius 3 is 2.58 bits per heavy atom. The fraction of sp³-hybridized carbons (Fsp3) is 0.857. The van der Waals surface area contributed by atoms with Crippen LogP contribution in [0.4, 0.5) is 0 Å². The van der Waals surface area contributed by atoms with Gasteiger partial charge in [0, 0.05) is 19.6 Å². The molecule has 0 bridgehead atoms. The number of carboxylic acids is 1. The highest BCUT2D eigenvalue weighted by Gasteiger charge is 2.40. The lowest BCUT2D eigenvalue weighted by molar-refractivity contribution is -0.153. The van der Waals surface area contributed by atoms with Gasteiger partial charge in [-0.15, -0.1) is 0 Å². The maximum atomic E-state index is 12.3. The molecule has 1 saturated heterocycles. The van der Waals surface area contributed by atoms with Crippen molar-refractivity contribution in [1.82, 2.24) is 4.90 Å². The van der Waals surface area contributed by atoms with E-state index in [0.717, 1.165) is 25.8 Å². The van der Waals surface area contributed by atoms with Crippen molar-refractivity contribution < 1.29 is 14.7 Å². The first-order valence-electron chi connectivity index (χ1n) is 7.06. The van der Waals surface area contributed by atoms with Gasteiger partial charge in [0.05, 0.1) is 11.3 Å². The molecule has 0 aromatic heterocycles. The summed E-state index contributed by atoms with van der Waals surface area (Å²) in [4.78, 5) is 25.4. The number of carboxylic acid groups (broad SMARTS) is 1. The fourth-order valence-electron chi connectivity index (χ4n) is 2.64. The zero-order chi connectivity index (χ0) is 14.6. The summed E-state index contributed by atoms with van der Waals surface area (Å²) in [7, 11) is 0. The highest BCUT2D eigenvalue weighted by Crippen LogP contribution is 2.34. The van der Waals surface area contributed by atoms with E-state index in [-0.39, 0.29) is 17.7 Å². The number of hydrogen-bond donors (Lipinski definition) is 2. The summed E-state index contributed by atoms with van der Waals surface area (Å²) in [6, 6.07) is 0. The molecule has 0 aromatic rings. The van der Waals surface area contributed by atoms with Gasteiger partial charge in [-0.3, -0.25) is 9.59 Å². The molecule has 110 valence electrons. The van der Waals surface area contributed by atoms with Crippen LogP contribution in [0.5, 0.6) is 0 Å². The predicted molar refractivity (Wildman–Crippen MR) is 73.6 cm³/mol. The van der Waals surface area contributed by atoms with Crippen LogP contribution in [0.1, 0.15) is 40.0 Å². The van der Waals surface area contributed by atoms with Crippen molar-refractivity contribution in [2.45, 2.75) is 40.0 Å². The molecular formula is C14H26N2O3. The summed E-state index contributed by atoms with van der Waals surface area (Å²) in [5, 5.41) is 9.30. The summed E-state index contributed by atoms with van der Waals surface area (Å²) < 4.78 is 0. The van der Waals surface area contributed by atoms with Gasteiger partial charge in [0.2, 0.25) is 5.91 Å². The molecule has 1 aliphatic heterocycles. The number of rotatable bonds is 5. The predicted octanol–water partition coefficient (Wildman–Crippen LogP) is 1.32. The highest BCUT2D eigenvalue weighted by atomic mass is 16.4. The van der Waals surface area contributed by atoms with Crippen molar-refractivity contribution in [3.63, 3.8) is 0 Å². The second-order valence-electron chi connectivity index (χ2n) is 5.99. The first-order chi connectivity index (χ1) is 8.84. The first kappa shape index (κ1) is 16.0. The van der Waals surface area contributed by atoms with E-state index < -0.39 is 11.4 Å². The molecule has 1 heterocycles. The number of likely N-dealkylation sites (tertiary alicyclic amines) is 1. The summed E-state index contributed by atoms with van der Waals surface area (Å²) in [6.45, 7) is 7.06. The van der Waals surface area contributed by atoms with Crippen molar-refractivity contribution >= 4 is 11.9 Å². The summed E-state index contributed by atoms with van der Waals surface area (Å²) >= 11 is 0. The van der Waals surface area contributed by atoms with E-state index in [1.807, 2.05) is 6.92 Å². The van der Waals surface area contributed by atoms with Crippen LogP contribution in [0.3, 0.4) is 0 Å². The maximum absolute atomic E-state index is 12.3. The van der Waals surface area contributed by atoms with Gasteiger partial charge >= 0.3 is 5.97 Å². The minimum absolute atomic E-state index is 0.0120. The van der Waals surface area contributed by atoms with Crippen molar-refractivity contribution in [2.24, 2.45) is 23.0 Å². The minimum atomic E-state index is -0.794. The second kappa shape index (κ2) is 6.37. The van der Waals surface area contributed by atoms with Crippen LogP contribution in [0.2, 0.25) is 0 Å². The summed E-state index contributed by atoms with van der Waals surface area (Å²) in [5.74, 6) is -0.835. The number of piperidine rings is 1. The van der Waals surface area contributed by atoms with Crippen LogP contribution >= 0.6 is 0 Å². The fourth-order valence-corrected chi connectivity index (χ4v) is 2.64. The number of aliphatic carboxylic acids is 1. The Bertz CT molecular complexity index is 338. The van der Waals surface area contributed by atoms with Gasteiger partial charge in [-0.25, -0.2) is 0 Å². The standard InChI is InChI=1S/C14H26N2O3/c1-4-10(8-15)12(17)16-7-5-6-11(9-16)14(2,3)13(18)19/h10-11H,4-9,15H2,1-3H3,(H,18,19). The van der Waals surface area contributed by atoms with E-state index in [2.05, 4.69) is 0 Å². The van der Waals surface area contributed by atoms with Gasteiger partial charge < -0.3 is 15.7 Å². The maximum Gasteiger partial charge on any atom is 0.309 e. The molecule has 3 N–H and O–H groups in total. The lowest BCUT2D eigenvalue weighted by Gasteiger charge is -2.40. The van der Waals surface area contributed by atoms with Gasteiger partial charge in [0.1, 0.15) is 0 Å². The molecule has 1 fully saturated rings.